The van der Waals surface area contributed by atoms with E-state index in [-0.39, 0.29) is 5.56 Å². The third kappa shape index (κ3) is 3.04. The molecule has 5 heteroatoms. The van der Waals surface area contributed by atoms with Gasteiger partial charge in [0.25, 0.3) is 6.47 Å². The molecule has 0 saturated heterocycles. The number of hydrogen-bond acceptors (Lipinski definition) is 3. The minimum atomic E-state index is -1.05. The van der Waals surface area contributed by atoms with Crippen molar-refractivity contribution < 1.29 is 19.4 Å². The van der Waals surface area contributed by atoms with Gasteiger partial charge in [-0.15, -0.1) is 0 Å². The Bertz CT molecular complexity index is 1450. The monoisotopic (exact) mass is 407 g/mol. The van der Waals surface area contributed by atoms with Crippen molar-refractivity contribution in [3.63, 3.8) is 0 Å². The smallest absolute Gasteiger partial charge is 0.336 e. The number of carboxylic acid groups (broad SMARTS) is 1. The van der Waals surface area contributed by atoms with Crippen molar-refractivity contribution in [3.05, 3.63) is 96.6 Å². The van der Waals surface area contributed by atoms with Crippen LogP contribution in [0.25, 0.3) is 38.6 Å². The molecule has 0 spiro atoms. The van der Waals surface area contributed by atoms with E-state index in [2.05, 4.69) is 4.57 Å². The number of carbonyl (C=O) groups is 2. The van der Waals surface area contributed by atoms with E-state index in [9.17, 15) is 14.7 Å². The van der Waals surface area contributed by atoms with Crippen LogP contribution in [0, 0.1) is 0 Å². The molecule has 0 saturated carbocycles. The number of fused-ring (bicyclic) bond motifs is 3. The van der Waals surface area contributed by atoms with Crippen LogP contribution in [-0.2, 0) is 4.79 Å². The summed E-state index contributed by atoms with van der Waals surface area (Å²) in [6.45, 7) is 0.346. The minimum Gasteiger partial charge on any atom is -0.478 e. The summed E-state index contributed by atoms with van der Waals surface area (Å²) in [7, 11) is 0. The van der Waals surface area contributed by atoms with Gasteiger partial charge >= 0.3 is 5.97 Å². The Morgan fingerprint density at radius 3 is 2.26 bits per heavy atom. The zero-order chi connectivity index (χ0) is 21.4. The maximum Gasteiger partial charge on any atom is 0.336 e. The lowest BCUT2D eigenvalue weighted by atomic mass is 9.96. The van der Waals surface area contributed by atoms with E-state index >= 15 is 0 Å². The van der Waals surface area contributed by atoms with Crippen LogP contribution in [0.15, 0.2) is 91.0 Å². The molecule has 5 nitrogen and oxygen atoms in total. The zero-order valence-corrected chi connectivity index (χ0v) is 16.4. The van der Waals surface area contributed by atoms with Crippen LogP contribution in [0.4, 0.5) is 0 Å². The van der Waals surface area contributed by atoms with Crippen molar-refractivity contribution in [2.75, 3.05) is 0 Å². The predicted molar refractivity (Wildman–Crippen MR) is 120 cm³/mol. The topological polar surface area (TPSA) is 68.5 Å². The van der Waals surface area contributed by atoms with Crippen LogP contribution in [0.5, 0.6) is 5.75 Å². The largest absolute Gasteiger partial charge is 0.478 e. The lowest BCUT2D eigenvalue weighted by Gasteiger charge is -2.12. The van der Waals surface area contributed by atoms with Gasteiger partial charge in [0.15, 0.2) is 0 Å². The van der Waals surface area contributed by atoms with Gasteiger partial charge in [-0.25, -0.2) is 4.79 Å². The predicted octanol–water partition coefficient (Wildman–Crippen LogP) is 5.68. The van der Waals surface area contributed by atoms with Gasteiger partial charge in [0.2, 0.25) is 0 Å². The molecule has 0 amide bonds. The number of ether oxygens (including phenoxy) is 1. The Balaban J connectivity index is 1.91. The summed E-state index contributed by atoms with van der Waals surface area (Å²) in [6.07, 6.45) is 0. The third-order valence-corrected chi connectivity index (χ3v) is 5.41. The molecular weight excluding hydrogens is 390 g/mol. The second-order valence-corrected chi connectivity index (χ2v) is 7.12. The summed E-state index contributed by atoms with van der Waals surface area (Å²) in [5.74, 6) is -0.742. The summed E-state index contributed by atoms with van der Waals surface area (Å²) < 4.78 is 7.19. The molecule has 0 unspecified atom stereocenters. The number of aromatic nitrogens is 1. The van der Waals surface area contributed by atoms with Crippen molar-refractivity contribution in [1.82, 2.24) is 4.57 Å². The lowest BCUT2D eigenvalue weighted by Crippen LogP contribution is -2.02. The van der Waals surface area contributed by atoms with Crippen LogP contribution in [0.2, 0.25) is 0 Å². The highest BCUT2D eigenvalue weighted by atomic mass is 16.5. The number of carbonyl (C=O) groups excluding carboxylic acids is 1. The lowest BCUT2D eigenvalue weighted by molar-refractivity contribution is -0.120. The minimum absolute atomic E-state index is 0.134. The first-order chi connectivity index (χ1) is 15.2. The van der Waals surface area contributed by atoms with Gasteiger partial charge in [-0.1, -0.05) is 54.6 Å². The van der Waals surface area contributed by atoms with Crippen molar-refractivity contribution >= 4 is 34.2 Å². The highest BCUT2D eigenvalue weighted by Crippen LogP contribution is 2.39. The van der Waals surface area contributed by atoms with E-state index < -0.39 is 5.97 Å². The summed E-state index contributed by atoms with van der Waals surface area (Å²) in [5, 5.41) is 11.9. The van der Waals surface area contributed by atoms with Gasteiger partial charge in [-0.05, 0) is 36.4 Å². The van der Waals surface area contributed by atoms with E-state index in [1.807, 2.05) is 60.7 Å². The van der Waals surface area contributed by atoms with E-state index in [1.165, 1.54) is 0 Å². The number of nitrogens with zero attached hydrogens (tertiary/aromatic N) is 1. The Morgan fingerprint density at radius 1 is 0.774 bits per heavy atom. The van der Waals surface area contributed by atoms with Crippen LogP contribution >= 0.6 is 0 Å². The molecule has 5 aromatic rings. The fourth-order valence-electron chi connectivity index (χ4n) is 4.11. The summed E-state index contributed by atoms with van der Waals surface area (Å²) in [5.41, 5.74) is 3.90. The molecule has 150 valence electrons. The van der Waals surface area contributed by atoms with Crippen LogP contribution in [0.3, 0.4) is 0 Å². The summed E-state index contributed by atoms with van der Waals surface area (Å²) in [4.78, 5) is 23.2. The average molecular weight is 407 g/mol. The molecule has 0 aliphatic heterocycles. The first-order valence-electron chi connectivity index (χ1n) is 9.74. The first-order valence-corrected chi connectivity index (χ1v) is 9.74. The van der Waals surface area contributed by atoms with Gasteiger partial charge in [-0.2, -0.15) is 0 Å². The molecule has 1 heterocycles. The Morgan fingerprint density at radius 2 is 1.48 bits per heavy atom. The molecule has 31 heavy (non-hydrogen) atoms. The highest BCUT2D eigenvalue weighted by molar-refractivity contribution is 6.13. The number of para-hydroxylation sites is 3. The Kier molecular flexibility index (Phi) is 4.49. The SMILES string of the molecule is O=COc1ccccc1-c1cc2c3ccccc3n(-c3ccccc3)c2cc1C(=O)O. The fraction of sp³-hybridized carbons (Fsp3) is 0. The summed E-state index contributed by atoms with van der Waals surface area (Å²) >= 11 is 0. The molecule has 0 bridgehead atoms. The maximum absolute atomic E-state index is 12.3. The Hall–Kier alpha value is -4.38. The van der Waals surface area contributed by atoms with Crippen LogP contribution in [0.1, 0.15) is 10.4 Å². The quantitative estimate of drug-likeness (QED) is 0.380. The molecule has 5 rings (SSSR count). The molecule has 0 atom stereocenters. The fourth-order valence-corrected chi connectivity index (χ4v) is 4.11. The van der Waals surface area contributed by atoms with Crippen molar-refractivity contribution in [1.29, 1.82) is 0 Å². The first kappa shape index (κ1) is 18.6. The van der Waals surface area contributed by atoms with Crippen LogP contribution in [-0.4, -0.2) is 22.1 Å². The Labute approximate surface area is 177 Å². The summed E-state index contributed by atoms with van der Waals surface area (Å²) in [6, 6.07) is 28.3. The van der Waals surface area contributed by atoms with Crippen LogP contribution < -0.4 is 4.74 Å². The van der Waals surface area contributed by atoms with Gasteiger partial charge in [0.1, 0.15) is 5.75 Å². The number of hydrogen-bond donors (Lipinski definition) is 1. The highest BCUT2D eigenvalue weighted by Gasteiger charge is 2.20. The molecule has 1 N–H and O–H groups in total. The van der Waals surface area contributed by atoms with Crippen molar-refractivity contribution in [2.24, 2.45) is 0 Å². The number of rotatable bonds is 5. The standard InChI is InChI=1S/C26H17NO4/c28-16-31-25-13-7-5-11-19(25)20-14-21-18-10-4-6-12-23(18)27(17-8-2-1-3-9-17)24(21)15-22(20)26(29)30/h1-16H,(H,29,30). The normalized spacial score (nSPS) is 11.0. The molecular formula is C26H17NO4. The van der Waals surface area contributed by atoms with Crippen molar-refractivity contribution in [3.8, 4) is 22.6 Å². The average Bonchev–Trinajstić information content (AvgIpc) is 3.13. The van der Waals surface area contributed by atoms with E-state index in [0.717, 1.165) is 27.5 Å². The molecule has 0 aliphatic rings. The zero-order valence-electron chi connectivity index (χ0n) is 16.4. The third-order valence-electron chi connectivity index (χ3n) is 5.41. The second kappa shape index (κ2) is 7.46. The van der Waals surface area contributed by atoms with Gasteiger partial charge in [0.05, 0.1) is 16.6 Å². The molecule has 1 aromatic heterocycles. The van der Waals surface area contributed by atoms with Gasteiger partial charge < -0.3 is 14.4 Å². The van der Waals surface area contributed by atoms with Gasteiger partial charge in [-0.3, -0.25) is 4.79 Å². The molecule has 0 radical (unpaired) electrons. The van der Waals surface area contributed by atoms with E-state index in [0.29, 0.717) is 23.3 Å². The molecule has 0 aliphatic carbocycles. The molecule has 0 fully saturated rings. The number of benzene rings is 4. The molecule has 4 aromatic carbocycles. The number of aromatic carboxylic acids is 1. The maximum atomic E-state index is 12.3. The van der Waals surface area contributed by atoms with Crippen molar-refractivity contribution in [2.45, 2.75) is 0 Å². The van der Waals surface area contributed by atoms with Gasteiger partial charge in [0, 0.05) is 27.6 Å². The second-order valence-electron chi connectivity index (χ2n) is 7.12. The number of carboxylic acids is 1. The van der Waals surface area contributed by atoms with E-state index in [1.54, 1.807) is 30.3 Å². The van der Waals surface area contributed by atoms with E-state index in [4.69, 9.17) is 4.74 Å².